The van der Waals surface area contributed by atoms with Gasteiger partial charge in [0.2, 0.25) is 0 Å². The lowest BCUT2D eigenvalue weighted by molar-refractivity contribution is 1.31. The highest BCUT2D eigenvalue weighted by Gasteiger charge is 1.62. The Bertz CT molecular complexity index is 44.1. The predicted octanol–water partition coefficient (Wildman–Crippen LogP) is 0.512. The van der Waals surface area contributed by atoms with Crippen LogP contribution in [0.15, 0.2) is 4.99 Å². The summed E-state index contributed by atoms with van der Waals surface area (Å²) in [5.74, 6) is 0. The van der Waals surface area contributed by atoms with Gasteiger partial charge in [0.25, 0.3) is 0 Å². The van der Waals surface area contributed by atoms with E-state index in [4.69, 9.17) is 0 Å². The molecule has 0 aliphatic heterocycles. The van der Waals surface area contributed by atoms with Gasteiger partial charge in [-0.25, -0.2) is 0 Å². The van der Waals surface area contributed by atoms with Gasteiger partial charge < -0.3 is 0 Å². The van der Waals surface area contributed by atoms with Gasteiger partial charge in [0.1, 0.15) is 0 Å². The molecule has 6 heavy (non-hydrogen) atoms. The number of rotatable bonds is 2. The van der Waals surface area contributed by atoms with Crippen LogP contribution in [0.3, 0.4) is 0 Å². The van der Waals surface area contributed by atoms with E-state index in [1.165, 1.54) is 11.9 Å². The molecule has 0 aromatic heterocycles. The van der Waals surface area contributed by atoms with E-state index in [1.807, 2.05) is 7.05 Å². The fourth-order valence-electron chi connectivity index (χ4n) is 0.105. The Kier molecular flexibility index (Phi) is 4.96. The molecule has 0 aliphatic rings. The van der Waals surface area contributed by atoms with E-state index in [1.54, 1.807) is 12.6 Å². The van der Waals surface area contributed by atoms with E-state index in [0.29, 0.717) is 0 Å². The van der Waals surface area contributed by atoms with Crippen LogP contribution in [-0.2, 0) is 0 Å². The van der Waals surface area contributed by atoms with Crippen LogP contribution in [0.25, 0.3) is 0 Å². The smallest absolute Gasteiger partial charge is 0.0690 e. The van der Waals surface area contributed by atoms with Crippen LogP contribution in [0.1, 0.15) is 0 Å². The number of nitrogens with zero attached hydrogens (tertiary/aromatic N) is 1. The molecule has 0 spiro atoms. The first-order valence-electron chi connectivity index (χ1n) is 1.65. The highest BCUT2D eigenvalue weighted by molar-refractivity contribution is 8.10. The SMILES string of the molecule is CN=CSNC. The molecule has 0 aromatic rings. The minimum Gasteiger partial charge on any atom is -0.288 e. The molecule has 0 radical (unpaired) electrons. The lowest BCUT2D eigenvalue weighted by Gasteiger charge is -1.80. The first-order valence-corrected chi connectivity index (χ1v) is 2.52. The third kappa shape index (κ3) is 3.98. The van der Waals surface area contributed by atoms with Crippen LogP contribution in [0.5, 0.6) is 0 Å². The summed E-state index contributed by atoms with van der Waals surface area (Å²) in [6, 6.07) is 0. The first-order chi connectivity index (χ1) is 2.91. The van der Waals surface area contributed by atoms with Gasteiger partial charge in [-0.15, -0.1) is 0 Å². The van der Waals surface area contributed by atoms with Crippen LogP contribution in [0.4, 0.5) is 0 Å². The molecular formula is C3H8N2S. The van der Waals surface area contributed by atoms with Crippen molar-refractivity contribution in [2.75, 3.05) is 14.1 Å². The average molecular weight is 104 g/mol. The summed E-state index contributed by atoms with van der Waals surface area (Å²) in [4.78, 5) is 3.70. The molecule has 0 aromatic carbocycles. The first kappa shape index (κ1) is 5.98. The van der Waals surface area contributed by atoms with Gasteiger partial charge in [0, 0.05) is 7.05 Å². The molecule has 0 bridgehead atoms. The van der Waals surface area contributed by atoms with Crippen molar-refractivity contribution in [2.45, 2.75) is 0 Å². The maximum atomic E-state index is 3.70. The molecule has 0 amide bonds. The highest BCUT2D eigenvalue weighted by Crippen LogP contribution is 1.78. The van der Waals surface area contributed by atoms with Gasteiger partial charge in [-0.05, 0) is 19.0 Å². The maximum Gasteiger partial charge on any atom is 0.0690 e. The predicted molar refractivity (Wildman–Crippen MR) is 31.1 cm³/mol. The van der Waals surface area contributed by atoms with Gasteiger partial charge >= 0.3 is 0 Å². The van der Waals surface area contributed by atoms with Gasteiger partial charge in [0.15, 0.2) is 0 Å². The third-order valence-electron chi connectivity index (χ3n) is 0.276. The highest BCUT2D eigenvalue weighted by atomic mass is 32.2. The summed E-state index contributed by atoms with van der Waals surface area (Å²) in [5, 5.41) is 0. The molecule has 0 fully saturated rings. The van der Waals surface area contributed by atoms with Gasteiger partial charge in [-0.2, -0.15) is 0 Å². The second-order valence-corrected chi connectivity index (χ2v) is 1.54. The van der Waals surface area contributed by atoms with Crippen LogP contribution in [-0.4, -0.2) is 19.6 Å². The number of aliphatic imine (C=N–C) groups is 1. The molecule has 0 rings (SSSR count). The van der Waals surface area contributed by atoms with Crippen molar-refractivity contribution in [3.63, 3.8) is 0 Å². The van der Waals surface area contributed by atoms with Crippen LogP contribution in [0, 0.1) is 0 Å². The summed E-state index contributed by atoms with van der Waals surface area (Å²) in [6.07, 6.45) is 0. The molecule has 0 heterocycles. The lowest BCUT2D eigenvalue weighted by Crippen LogP contribution is -1.88. The maximum absolute atomic E-state index is 3.70. The molecule has 0 unspecified atom stereocenters. The molecule has 0 saturated carbocycles. The second kappa shape index (κ2) is 4.98. The van der Waals surface area contributed by atoms with Gasteiger partial charge in [-0.1, -0.05) is 0 Å². The molecule has 3 heteroatoms. The number of hydrogen-bond donors (Lipinski definition) is 1. The molecule has 2 nitrogen and oxygen atoms in total. The Morgan fingerprint density at radius 1 is 1.83 bits per heavy atom. The van der Waals surface area contributed by atoms with Crippen LogP contribution in [0.2, 0.25) is 0 Å². The van der Waals surface area contributed by atoms with Crippen molar-refractivity contribution in [1.82, 2.24) is 4.72 Å². The van der Waals surface area contributed by atoms with Crippen molar-refractivity contribution in [3.05, 3.63) is 0 Å². The molecule has 0 aliphatic carbocycles. The summed E-state index contributed by atoms with van der Waals surface area (Å²) < 4.78 is 2.84. The topological polar surface area (TPSA) is 24.4 Å². The van der Waals surface area contributed by atoms with Crippen LogP contribution < -0.4 is 4.72 Å². The summed E-state index contributed by atoms with van der Waals surface area (Å²) in [5.41, 5.74) is 1.74. The van der Waals surface area contributed by atoms with Crippen molar-refractivity contribution >= 4 is 17.5 Å². The van der Waals surface area contributed by atoms with E-state index < -0.39 is 0 Å². The quantitative estimate of drug-likeness (QED) is 0.313. The van der Waals surface area contributed by atoms with E-state index >= 15 is 0 Å². The van der Waals surface area contributed by atoms with Crippen molar-refractivity contribution in [1.29, 1.82) is 0 Å². The van der Waals surface area contributed by atoms with Crippen LogP contribution >= 0.6 is 11.9 Å². The van der Waals surface area contributed by atoms with E-state index in [2.05, 4.69) is 9.71 Å². The van der Waals surface area contributed by atoms with E-state index in [9.17, 15) is 0 Å². The summed E-state index contributed by atoms with van der Waals surface area (Å²) >= 11 is 1.47. The Morgan fingerprint density at radius 3 is 2.67 bits per heavy atom. The third-order valence-corrected chi connectivity index (χ3v) is 0.828. The normalized spacial score (nSPS) is 10.3. The molecule has 1 N–H and O–H groups in total. The lowest BCUT2D eigenvalue weighted by atomic mass is 11.4. The van der Waals surface area contributed by atoms with Crippen molar-refractivity contribution in [2.24, 2.45) is 4.99 Å². The second-order valence-electron chi connectivity index (χ2n) is 0.686. The average Bonchev–Trinajstić information content (AvgIpc) is 1.61. The fourth-order valence-corrected chi connectivity index (χ4v) is 0.316. The van der Waals surface area contributed by atoms with Gasteiger partial charge in [-0.3, -0.25) is 9.71 Å². The van der Waals surface area contributed by atoms with Crippen molar-refractivity contribution in [3.8, 4) is 0 Å². The Labute approximate surface area is 42.2 Å². The Balaban J connectivity index is 2.66. The number of nitrogens with one attached hydrogen (secondary N) is 1. The summed E-state index contributed by atoms with van der Waals surface area (Å²) in [6.45, 7) is 0. The molecule has 0 atom stereocenters. The minimum atomic E-state index is 1.47. The monoisotopic (exact) mass is 104 g/mol. The van der Waals surface area contributed by atoms with E-state index in [-0.39, 0.29) is 0 Å². The molecular weight excluding hydrogens is 96.1 g/mol. The summed E-state index contributed by atoms with van der Waals surface area (Å²) in [7, 11) is 3.59. The molecule has 36 valence electrons. The van der Waals surface area contributed by atoms with Gasteiger partial charge in [0.05, 0.1) is 5.55 Å². The zero-order valence-electron chi connectivity index (χ0n) is 3.93. The zero-order valence-corrected chi connectivity index (χ0v) is 4.75. The zero-order chi connectivity index (χ0) is 4.83. The Morgan fingerprint density at radius 2 is 2.50 bits per heavy atom. The minimum absolute atomic E-state index is 1.47. The number of hydrogen-bond acceptors (Lipinski definition) is 3. The van der Waals surface area contributed by atoms with Crippen molar-refractivity contribution < 1.29 is 0 Å². The fraction of sp³-hybridized carbons (Fsp3) is 0.667. The van der Waals surface area contributed by atoms with E-state index in [0.717, 1.165) is 0 Å². The largest absolute Gasteiger partial charge is 0.288 e. The standard InChI is InChI=1S/C3H8N2S/c1-4-3-6-5-2/h3,5H,1-2H3. The molecule has 0 saturated heterocycles. The Hall–Kier alpha value is -0.0200.